The van der Waals surface area contributed by atoms with Gasteiger partial charge in [-0.2, -0.15) is 0 Å². The maximum absolute atomic E-state index is 13.3. The topological polar surface area (TPSA) is 32.8 Å². The maximum Gasteiger partial charge on any atom is 0.237 e. The van der Waals surface area contributed by atoms with Gasteiger partial charge in [-0.25, -0.2) is 4.39 Å². The van der Waals surface area contributed by atoms with E-state index in [2.05, 4.69) is 17.0 Å². The molecule has 1 atom stereocenters. The Hall–Kier alpha value is -1.89. The Morgan fingerprint density at radius 2 is 1.96 bits per heavy atom. The highest BCUT2D eigenvalue weighted by Gasteiger charge is 2.31. The molecule has 1 aliphatic rings. The molecule has 2 aromatic rings. The van der Waals surface area contributed by atoms with Gasteiger partial charge in [0.05, 0.1) is 6.54 Å². The summed E-state index contributed by atoms with van der Waals surface area (Å²) < 4.78 is 18.4. The highest BCUT2D eigenvalue weighted by molar-refractivity contribution is 7.99. The predicted molar refractivity (Wildman–Crippen MR) is 112 cm³/mol. The van der Waals surface area contributed by atoms with E-state index in [4.69, 9.17) is 4.74 Å². The first-order chi connectivity index (χ1) is 13.7. The highest BCUT2D eigenvalue weighted by Crippen LogP contribution is 2.37. The number of carbonyl (C=O) groups is 1. The molecule has 6 heteroatoms. The zero-order chi connectivity index (χ0) is 19.8. The second-order valence-corrected chi connectivity index (χ2v) is 8.09. The molecule has 2 aromatic carbocycles. The summed E-state index contributed by atoms with van der Waals surface area (Å²) in [5.74, 6) is 0.764. The lowest BCUT2D eigenvalue weighted by Gasteiger charge is -2.28. The van der Waals surface area contributed by atoms with Crippen LogP contribution in [0.2, 0.25) is 0 Å². The number of ether oxygens (including phenoxy) is 1. The van der Waals surface area contributed by atoms with Crippen LogP contribution in [0.4, 0.5) is 4.39 Å². The van der Waals surface area contributed by atoms with Crippen molar-refractivity contribution in [3.05, 3.63) is 71.5 Å². The van der Waals surface area contributed by atoms with E-state index in [1.54, 1.807) is 31.0 Å². The molecule has 0 aromatic heterocycles. The molecule has 0 aliphatic carbocycles. The van der Waals surface area contributed by atoms with Gasteiger partial charge in [0.2, 0.25) is 5.91 Å². The maximum atomic E-state index is 13.3. The fourth-order valence-electron chi connectivity index (χ4n) is 3.40. The van der Waals surface area contributed by atoms with Crippen molar-refractivity contribution in [1.29, 1.82) is 0 Å². The van der Waals surface area contributed by atoms with Crippen molar-refractivity contribution in [3.63, 3.8) is 0 Å². The third kappa shape index (κ3) is 5.80. The van der Waals surface area contributed by atoms with Gasteiger partial charge in [-0.3, -0.25) is 9.69 Å². The zero-order valence-electron chi connectivity index (χ0n) is 16.2. The number of thioether (sulfide) groups is 1. The number of rotatable bonds is 9. The molecule has 3 rings (SSSR count). The molecule has 0 saturated carbocycles. The second kappa shape index (κ2) is 10.6. The lowest BCUT2D eigenvalue weighted by atomic mass is 10.2. The summed E-state index contributed by atoms with van der Waals surface area (Å²) in [7, 11) is 1.70. The van der Waals surface area contributed by atoms with Crippen molar-refractivity contribution in [2.24, 2.45) is 0 Å². The van der Waals surface area contributed by atoms with Crippen molar-refractivity contribution in [2.75, 3.05) is 39.1 Å². The van der Waals surface area contributed by atoms with Crippen LogP contribution < -0.4 is 0 Å². The smallest absolute Gasteiger partial charge is 0.237 e. The van der Waals surface area contributed by atoms with Crippen LogP contribution in [0.3, 0.4) is 0 Å². The monoisotopic (exact) mass is 402 g/mol. The van der Waals surface area contributed by atoms with Crippen LogP contribution in [0.1, 0.15) is 22.9 Å². The quantitative estimate of drug-likeness (QED) is 0.595. The third-order valence-corrected chi connectivity index (χ3v) is 6.06. The van der Waals surface area contributed by atoms with Crippen molar-refractivity contribution in [3.8, 4) is 0 Å². The number of hydrogen-bond donors (Lipinski definition) is 0. The molecular weight excluding hydrogens is 375 g/mol. The van der Waals surface area contributed by atoms with Gasteiger partial charge in [0.15, 0.2) is 0 Å². The van der Waals surface area contributed by atoms with E-state index in [0.717, 1.165) is 37.4 Å². The third-order valence-electron chi connectivity index (χ3n) is 4.80. The molecule has 28 heavy (non-hydrogen) atoms. The Morgan fingerprint density at radius 3 is 2.68 bits per heavy atom. The SMILES string of the molecule is COCCCN(CC(=O)N1CCS[C@H]1c1ccc(F)cc1)Cc1ccccc1. The van der Waals surface area contributed by atoms with Crippen LogP contribution in [0, 0.1) is 5.82 Å². The summed E-state index contributed by atoms with van der Waals surface area (Å²) >= 11 is 1.73. The molecule has 1 aliphatic heterocycles. The van der Waals surface area contributed by atoms with E-state index in [9.17, 15) is 9.18 Å². The molecule has 4 nitrogen and oxygen atoms in total. The van der Waals surface area contributed by atoms with E-state index >= 15 is 0 Å². The largest absolute Gasteiger partial charge is 0.385 e. The fourth-order valence-corrected chi connectivity index (χ4v) is 4.68. The van der Waals surface area contributed by atoms with Gasteiger partial charge < -0.3 is 9.64 Å². The first kappa shape index (κ1) is 20.8. The molecule has 1 heterocycles. The Bertz CT molecular complexity index is 742. The molecule has 0 unspecified atom stereocenters. The molecule has 0 N–H and O–H groups in total. The average Bonchev–Trinajstić information content (AvgIpc) is 3.19. The number of carbonyl (C=O) groups excluding carboxylic acids is 1. The van der Waals surface area contributed by atoms with Crippen molar-refractivity contribution < 1.29 is 13.9 Å². The Kier molecular flexibility index (Phi) is 7.89. The van der Waals surface area contributed by atoms with Gasteiger partial charge in [0.25, 0.3) is 0 Å². The van der Waals surface area contributed by atoms with Gasteiger partial charge >= 0.3 is 0 Å². The molecule has 0 radical (unpaired) electrons. The van der Waals surface area contributed by atoms with Gasteiger partial charge in [-0.1, -0.05) is 42.5 Å². The Balaban J connectivity index is 1.66. The van der Waals surface area contributed by atoms with Crippen LogP contribution in [-0.4, -0.2) is 54.8 Å². The first-order valence-electron chi connectivity index (χ1n) is 9.59. The molecule has 0 bridgehead atoms. The predicted octanol–water partition coefficient (Wildman–Crippen LogP) is 3.94. The summed E-state index contributed by atoms with van der Waals surface area (Å²) in [5, 5.41) is -0.0364. The van der Waals surface area contributed by atoms with Crippen LogP contribution in [0.5, 0.6) is 0 Å². The second-order valence-electron chi connectivity index (χ2n) is 6.90. The Morgan fingerprint density at radius 1 is 1.21 bits per heavy atom. The summed E-state index contributed by atoms with van der Waals surface area (Å²) in [6.07, 6.45) is 0.882. The highest BCUT2D eigenvalue weighted by atomic mass is 32.2. The van der Waals surface area contributed by atoms with Crippen LogP contribution in [0.25, 0.3) is 0 Å². The number of methoxy groups -OCH3 is 1. The van der Waals surface area contributed by atoms with Gasteiger partial charge in [-0.05, 0) is 29.7 Å². The standard InChI is InChI=1S/C22H27FN2O2S/c1-27-14-5-12-24(16-18-6-3-2-4-7-18)17-21(26)25-13-15-28-22(25)19-8-10-20(23)11-9-19/h2-4,6-11,22H,5,12-17H2,1H3/t22-/m0/s1. The molecule has 1 fully saturated rings. The summed E-state index contributed by atoms with van der Waals surface area (Å²) in [4.78, 5) is 17.2. The summed E-state index contributed by atoms with van der Waals surface area (Å²) in [5.41, 5.74) is 2.17. The van der Waals surface area contributed by atoms with Crippen molar-refractivity contribution in [2.45, 2.75) is 18.3 Å². The minimum atomic E-state index is -0.253. The van der Waals surface area contributed by atoms with Crippen LogP contribution >= 0.6 is 11.8 Å². The number of halogens is 1. The molecule has 1 amide bonds. The zero-order valence-corrected chi connectivity index (χ0v) is 17.0. The summed E-state index contributed by atoms with van der Waals surface area (Å²) in [6.45, 7) is 3.31. The van der Waals surface area contributed by atoms with Gasteiger partial charge in [0, 0.05) is 39.1 Å². The summed E-state index contributed by atoms with van der Waals surface area (Å²) in [6, 6.07) is 16.7. The number of benzene rings is 2. The van der Waals surface area contributed by atoms with Crippen molar-refractivity contribution in [1.82, 2.24) is 9.80 Å². The normalized spacial score (nSPS) is 16.7. The number of hydrogen-bond acceptors (Lipinski definition) is 4. The minimum absolute atomic E-state index is 0.0364. The van der Waals surface area contributed by atoms with E-state index in [1.165, 1.54) is 17.7 Å². The molecular formula is C22H27FN2O2S. The van der Waals surface area contributed by atoms with Gasteiger partial charge in [0.1, 0.15) is 11.2 Å². The molecule has 1 saturated heterocycles. The molecule has 0 spiro atoms. The van der Waals surface area contributed by atoms with E-state index in [-0.39, 0.29) is 17.1 Å². The van der Waals surface area contributed by atoms with E-state index in [0.29, 0.717) is 13.2 Å². The molecule has 150 valence electrons. The first-order valence-corrected chi connectivity index (χ1v) is 10.6. The van der Waals surface area contributed by atoms with Crippen LogP contribution in [0.15, 0.2) is 54.6 Å². The average molecular weight is 403 g/mol. The van der Waals surface area contributed by atoms with E-state index < -0.39 is 0 Å². The van der Waals surface area contributed by atoms with Gasteiger partial charge in [-0.15, -0.1) is 11.8 Å². The number of amides is 1. The Labute approximate surface area is 170 Å². The van der Waals surface area contributed by atoms with Crippen molar-refractivity contribution >= 4 is 17.7 Å². The van der Waals surface area contributed by atoms with Crippen LogP contribution in [-0.2, 0) is 16.1 Å². The fraction of sp³-hybridized carbons (Fsp3) is 0.409. The minimum Gasteiger partial charge on any atom is -0.385 e. The lowest BCUT2D eigenvalue weighted by molar-refractivity contribution is -0.132. The number of nitrogens with zero attached hydrogens (tertiary/aromatic N) is 2. The lowest BCUT2D eigenvalue weighted by Crippen LogP contribution is -2.40. The van der Waals surface area contributed by atoms with E-state index in [1.807, 2.05) is 23.1 Å².